The number of nitrogens with one attached hydrogen (secondary N) is 1. The van der Waals surface area contributed by atoms with Crippen molar-refractivity contribution >= 4 is 35.2 Å². The van der Waals surface area contributed by atoms with E-state index < -0.39 is 0 Å². The van der Waals surface area contributed by atoms with E-state index in [2.05, 4.69) is 5.32 Å². The van der Waals surface area contributed by atoms with E-state index in [0.717, 1.165) is 5.56 Å². The first-order valence-corrected chi connectivity index (χ1v) is 9.98. The standard InChI is InChI=1S/C20H18FN3O3S/c21-15-5-7-16(8-6-15)22-19(26)14-3-1-13(2-4-14)9-23-10-18(25)24-12-28-11-17(24)20(23)27/h1-8,17H,9-12H2,(H,22,26). The zero-order valence-corrected chi connectivity index (χ0v) is 15.7. The van der Waals surface area contributed by atoms with Crippen LogP contribution in [0.4, 0.5) is 10.1 Å². The van der Waals surface area contributed by atoms with Gasteiger partial charge in [-0.1, -0.05) is 12.1 Å². The van der Waals surface area contributed by atoms with Crippen LogP contribution in [-0.2, 0) is 16.1 Å². The van der Waals surface area contributed by atoms with Crippen LogP contribution in [0, 0.1) is 5.82 Å². The van der Waals surface area contributed by atoms with Crippen LogP contribution in [0.2, 0.25) is 0 Å². The minimum Gasteiger partial charge on any atom is -0.327 e. The van der Waals surface area contributed by atoms with Crippen LogP contribution in [0.25, 0.3) is 0 Å². The predicted molar refractivity (Wildman–Crippen MR) is 104 cm³/mol. The van der Waals surface area contributed by atoms with E-state index in [0.29, 0.717) is 29.4 Å². The monoisotopic (exact) mass is 399 g/mol. The number of hydrogen-bond acceptors (Lipinski definition) is 4. The van der Waals surface area contributed by atoms with Gasteiger partial charge in [0.1, 0.15) is 18.4 Å². The van der Waals surface area contributed by atoms with Crippen molar-refractivity contribution in [3.8, 4) is 0 Å². The molecule has 2 saturated heterocycles. The van der Waals surface area contributed by atoms with Crippen LogP contribution in [0.5, 0.6) is 0 Å². The van der Waals surface area contributed by atoms with Gasteiger partial charge in [0, 0.05) is 23.5 Å². The molecule has 3 amide bonds. The van der Waals surface area contributed by atoms with Crippen molar-refractivity contribution in [2.75, 3.05) is 23.5 Å². The Morgan fingerprint density at radius 2 is 1.82 bits per heavy atom. The van der Waals surface area contributed by atoms with Crippen molar-refractivity contribution in [3.63, 3.8) is 0 Å². The summed E-state index contributed by atoms with van der Waals surface area (Å²) in [5.74, 6) is 0.505. The number of rotatable bonds is 4. The maximum absolute atomic E-state index is 12.9. The fourth-order valence-electron chi connectivity index (χ4n) is 3.29. The molecule has 1 unspecified atom stereocenters. The van der Waals surface area contributed by atoms with Gasteiger partial charge >= 0.3 is 0 Å². The number of carbonyl (C=O) groups excluding carboxylic acids is 3. The van der Waals surface area contributed by atoms with Gasteiger partial charge in [0.05, 0.1) is 5.88 Å². The first-order valence-electron chi connectivity index (χ1n) is 8.83. The molecule has 144 valence electrons. The van der Waals surface area contributed by atoms with Gasteiger partial charge in [-0.25, -0.2) is 4.39 Å². The summed E-state index contributed by atoms with van der Waals surface area (Å²) < 4.78 is 12.9. The van der Waals surface area contributed by atoms with E-state index in [-0.39, 0.29) is 36.1 Å². The van der Waals surface area contributed by atoms with Gasteiger partial charge in [-0.3, -0.25) is 14.4 Å². The molecule has 8 heteroatoms. The lowest BCUT2D eigenvalue weighted by Gasteiger charge is -2.35. The summed E-state index contributed by atoms with van der Waals surface area (Å²) in [4.78, 5) is 40.3. The Labute approximate surface area is 165 Å². The zero-order valence-electron chi connectivity index (χ0n) is 14.9. The lowest BCUT2D eigenvalue weighted by atomic mass is 10.1. The third-order valence-corrected chi connectivity index (χ3v) is 5.83. The van der Waals surface area contributed by atoms with E-state index in [4.69, 9.17) is 0 Å². The molecule has 2 heterocycles. The predicted octanol–water partition coefficient (Wildman–Crippen LogP) is 2.32. The molecule has 0 radical (unpaired) electrons. The van der Waals surface area contributed by atoms with Crippen LogP contribution in [0.3, 0.4) is 0 Å². The number of nitrogens with zero attached hydrogens (tertiary/aromatic N) is 2. The number of hydrogen-bond donors (Lipinski definition) is 1. The van der Waals surface area contributed by atoms with Crippen LogP contribution < -0.4 is 5.32 Å². The molecular formula is C20H18FN3O3S. The number of anilines is 1. The van der Waals surface area contributed by atoms with Crippen molar-refractivity contribution in [2.45, 2.75) is 12.6 Å². The van der Waals surface area contributed by atoms with Gasteiger partial charge in [-0.05, 0) is 42.0 Å². The Morgan fingerprint density at radius 3 is 2.54 bits per heavy atom. The van der Waals surface area contributed by atoms with E-state index in [1.165, 1.54) is 24.3 Å². The van der Waals surface area contributed by atoms with Crippen LogP contribution in [0.1, 0.15) is 15.9 Å². The minimum absolute atomic E-state index is 0.0232. The molecule has 0 spiro atoms. The number of amides is 3. The molecule has 1 N–H and O–H groups in total. The lowest BCUT2D eigenvalue weighted by molar-refractivity contribution is -0.153. The number of benzene rings is 2. The van der Waals surface area contributed by atoms with Crippen molar-refractivity contribution in [3.05, 3.63) is 65.5 Å². The summed E-state index contributed by atoms with van der Waals surface area (Å²) in [6.45, 7) is 0.419. The largest absolute Gasteiger partial charge is 0.327 e. The molecule has 0 saturated carbocycles. The molecule has 2 fully saturated rings. The molecule has 2 aromatic carbocycles. The molecule has 0 bridgehead atoms. The van der Waals surface area contributed by atoms with Gasteiger partial charge < -0.3 is 15.1 Å². The molecule has 2 aromatic rings. The number of halogens is 1. The van der Waals surface area contributed by atoms with E-state index in [1.54, 1.807) is 45.8 Å². The Hall–Kier alpha value is -2.87. The first kappa shape index (κ1) is 18.5. The molecule has 6 nitrogen and oxygen atoms in total. The Morgan fingerprint density at radius 1 is 1.11 bits per heavy atom. The fourth-order valence-corrected chi connectivity index (χ4v) is 4.46. The van der Waals surface area contributed by atoms with Crippen molar-refractivity contribution in [2.24, 2.45) is 0 Å². The van der Waals surface area contributed by atoms with Crippen LogP contribution in [0.15, 0.2) is 48.5 Å². The molecule has 0 aromatic heterocycles. The fraction of sp³-hybridized carbons (Fsp3) is 0.250. The second-order valence-corrected chi connectivity index (χ2v) is 7.73. The van der Waals surface area contributed by atoms with E-state index in [9.17, 15) is 18.8 Å². The number of fused-ring (bicyclic) bond motifs is 1. The number of piperazine rings is 1. The van der Waals surface area contributed by atoms with E-state index >= 15 is 0 Å². The van der Waals surface area contributed by atoms with Crippen molar-refractivity contribution in [1.82, 2.24) is 9.80 Å². The summed E-state index contributed by atoms with van der Waals surface area (Å²) in [6, 6.07) is 12.1. The number of thioether (sulfide) groups is 1. The quantitative estimate of drug-likeness (QED) is 0.857. The molecule has 28 heavy (non-hydrogen) atoms. The highest BCUT2D eigenvalue weighted by atomic mass is 32.2. The second-order valence-electron chi connectivity index (χ2n) is 6.73. The maximum Gasteiger partial charge on any atom is 0.255 e. The second kappa shape index (κ2) is 7.63. The molecular weight excluding hydrogens is 381 g/mol. The molecule has 1 atom stereocenters. The normalized spacial score (nSPS) is 19.0. The Kier molecular flexibility index (Phi) is 5.04. The van der Waals surface area contributed by atoms with Crippen molar-refractivity contribution in [1.29, 1.82) is 0 Å². The lowest BCUT2D eigenvalue weighted by Crippen LogP contribution is -2.57. The topological polar surface area (TPSA) is 69.7 Å². The first-order chi connectivity index (χ1) is 13.5. The van der Waals surface area contributed by atoms with Crippen LogP contribution in [-0.4, -0.2) is 51.7 Å². The third-order valence-electron chi connectivity index (χ3n) is 4.82. The highest BCUT2D eigenvalue weighted by Crippen LogP contribution is 2.26. The van der Waals surface area contributed by atoms with Gasteiger partial charge in [-0.15, -0.1) is 11.8 Å². The summed E-state index contributed by atoms with van der Waals surface area (Å²) in [6.07, 6.45) is 0. The molecule has 2 aliphatic rings. The molecule has 2 aliphatic heterocycles. The van der Waals surface area contributed by atoms with Gasteiger partial charge in [0.15, 0.2) is 0 Å². The summed E-state index contributed by atoms with van der Waals surface area (Å²) in [5.41, 5.74) is 1.80. The Bertz CT molecular complexity index is 917. The average molecular weight is 399 g/mol. The highest BCUT2D eigenvalue weighted by molar-refractivity contribution is 7.99. The average Bonchev–Trinajstić information content (AvgIpc) is 3.19. The molecule has 4 rings (SSSR count). The number of carbonyl (C=O) groups is 3. The zero-order chi connectivity index (χ0) is 19.7. The maximum atomic E-state index is 12.9. The Balaban J connectivity index is 1.40. The molecule has 0 aliphatic carbocycles. The van der Waals surface area contributed by atoms with Crippen LogP contribution >= 0.6 is 11.8 Å². The summed E-state index contributed by atoms with van der Waals surface area (Å²) >= 11 is 1.59. The highest BCUT2D eigenvalue weighted by Gasteiger charge is 2.42. The minimum atomic E-state index is -0.368. The van der Waals surface area contributed by atoms with Crippen molar-refractivity contribution < 1.29 is 18.8 Å². The summed E-state index contributed by atoms with van der Waals surface area (Å²) in [5, 5.41) is 2.70. The van der Waals surface area contributed by atoms with Gasteiger partial charge in [0.2, 0.25) is 11.8 Å². The third kappa shape index (κ3) is 3.73. The van der Waals surface area contributed by atoms with Gasteiger partial charge in [0.25, 0.3) is 5.91 Å². The van der Waals surface area contributed by atoms with Gasteiger partial charge in [-0.2, -0.15) is 0 Å². The van der Waals surface area contributed by atoms with E-state index in [1.807, 2.05) is 0 Å². The SMILES string of the molecule is O=C(Nc1ccc(F)cc1)c1ccc(CN2CC(=O)N3CSCC3C2=O)cc1. The summed E-state index contributed by atoms with van der Waals surface area (Å²) in [7, 11) is 0. The smallest absolute Gasteiger partial charge is 0.255 e.